The number of amides is 1. The number of carbonyl (C=O) groups is 1. The lowest BCUT2D eigenvalue weighted by molar-refractivity contribution is -0.119. The number of carbonyl (C=O) groups excluding carboxylic acids is 1. The van der Waals surface area contributed by atoms with E-state index in [9.17, 15) is 9.18 Å². The first-order valence-electron chi connectivity index (χ1n) is 5.53. The molecule has 2 rings (SSSR count). The van der Waals surface area contributed by atoms with Crippen molar-refractivity contribution in [3.63, 3.8) is 0 Å². The van der Waals surface area contributed by atoms with Crippen molar-refractivity contribution in [2.24, 2.45) is 5.92 Å². The van der Waals surface area contributed by atoms with Crippen LogP contribution in [0.15, 0.2) is 18.2 Å². The summed E-state index contributed by atoms with van der Waals surface area (Å²) < 4.78 is 18.5. The maximum atomic E-state index is 13.2. The molecule has 1 fully saturated rings. The molecule has 1 heterocycles. The molecule has 0 aliphatic carbocycles. The number of hydrogen-bond donors (Lipinski definition) is 2. The molecule has 92 valence electrons. The van der Waals surface area contributed by atoms with Gasteiger partial charge in [-0.3, -0.25) is 4.79 Å². The first kappa shape index (κ1) is 11.9. The van der Waals surface area contributed by atoms with Gasteiger partial charge in [-0.1, -0.05) is 0 Å². The van der Waals surface area contributed by atoms with E-state index < -0.39 is 5.82 Å². The van der Waals surface area contributed by atoms with E-state index in [1.54, 1.807) is 6.07 Å². The van der Waals surface area contributed by atoms with Crippen LogP contribution in [-0.4, -0.2) is 18.6 Å². The Morgan fingerprint density at radius 3 is 2.94 bits per heavy atom. The van der Waals surface area contributed by atoms with Crippen molar-refractivity contribution in [1.29, 1.82) is 0 Å². The molecule has 1 aliphatic heterocycles. The molecule has 3 N–H and O–H groups in total. The SMILES string of the molecule is CC1CC(C(=O)Nc2ccc(N)c(F)c2)CO1. The molecule has 1 aromatic carbocycles. The lowest BCUT2D eigenvalue weighted by Crippen LogP contribution is -2.23. The average Bonchev–Trinajstić information content (AvgIpc) is 2.70. The molecule has 1 saturated heterocycles. The van der Waals surface area contributed by atoms with Gasteiger partial charge >= 0.3 is 0 Å². The molecular formula is C12H15FN2O2. The summed E-state index contributed by atoms with van der Waals surface area (Å²) in [4.78, 5) is 11.8. The van der Waals surface area contributed by atoms with Gasteiger partial charge in [0, 0.05) is 5.69 Å². The molecule has 0 bridgehead atoms. The fourth-order valence-electron chi connectivity index (χ4n) is 1.85. The van der Waals surface area contributed by atoms with Gasteiger partial charge in [-0.2, -0.15) is 0 Å². The highest BCUT2D eigenvalue weighted by atomic mass is 19.1. The minimum Gasteiger partial charge on any atom is -0.396 e. The molecule has 5 heteroatoms. The van der Waals surface area contributed by atoms with Crippen LogP contribution >= 0.6 is 0 Å². The molecule has 2 unspecified atom stereocenters. The molecule has 17 heavy (non-hydrogen) atoms. The molecule has 0 radical (unpaired) electrons. The molecule has 0 spiro atoms. The van der Waals surface area contributed by atoms with Crippen molar-refractivity contribution >= 4 is 17.3 Å². The van der Waals surface area contributed by atoms with Gasteiger partial charge in [-0.15, -0.1) is 0 Å². The Kier molecular flexibility index (Phi) is 3.28. The quantitative estimate of drug-likeness (QED) is 0.772. The summed E-state index contributed by atoms with van der Waals surface area (Å²) in [6.07, 6.45) is 0.803. The smallest absolute Gasteiger partial charge is 0.229 e. The Bertz CT molecular complexity index is 437. The first-order chi connectivity index (χ1) is 8.06. The lowest BCUT2D eigenvalue weighted by atomic mass is 10.1. The lowest BCUT2D eigenvalue weighted by Gasteiger charge is -2.09. The summed E-state index contributed by atoms with van der Waals surface area (Å²) in [6.45, 7) is 2.35. The predicted octanol–water partition coefficient (Wildman–Crippen LogP) is 1.77. The normalized spacial score (nSPS) is 23.6. The highest BCUT2D eigenvalue weighted by Crippen LogP contribution is 2.22. The van der Waals surface area contributed by atoms with Gasteiger partial charge in [0.15, 0.2) is 0 Å². The summed E-state index contributed by atoms with van der Waals surface area (Å²) in [5, 5.41) is 2.66. The molecule has 2 atom stereocenters. The number of nitrogens with one attached hydrogen (secondary N) is 1. The van der Waals surface area contributed by atoms with E-state index in [-0.39, 0.29) is 23.6 Å². The summed E-state index contributed by atoms with van der Waals surface area (Å²) >= 11 is 0. The number of nitrogen functional groups attached to an aromatic ring is 1. The number of ether oxygens (including phenoxy) is 1. The molecular weight excluding hydrogens is 223 g/mol. The van der Waals surface area contributed by atoms with Gasteiger partial charge in [-0.05, 0) is 31.5 Å². The van der Waals surface area contributed by atoms with E-state index in [1.807, 2.05) is 6.92 Å². The maximum Gasteiger partial charge on any atom is 0.229 e. The van der Waals surface area contributed by atoms with Gasteiger partial charge < -0.3 is 15.8 Å². The van der Waals surface area contributed by atoms with Crippen LogP contribution in [-0.2, 0) is 9.53 Å². The summed E-state index contributed by atoms with van der Waals surface area (Å²) in [5.74, 6) is -0.831. The number of anilines is 2. The number of benzene rings is 1. The topological polar surface area (TPSA) is 64.4 Å². The minimum atomic E-state index is -0.529. The summed E-state index contributed by atoms with van der Waals surface area (Å²) in [6, 6.07) is 4.22. The van der Waals surface area contributed by atoms with Gasteiger partial charge in [-0.25, -0.2) is 4.39 Å². The first-order valence-corrected chi connectivity index (χ1v) is 5.53. The Morgan fingerprint density at radius 2 is 2.35 bits per heavy atom. The van der Waals surface area contributed by atoms with Gasteiger partial charge in [0.1, 0.15) is 5.82 Å². The molecule has 1 amide bonds. The zero-order valence-electron chi connectivity index (χ0n) is 9.57. The largest absolute Gasteiger partial charge is 0.396 e. The zero-order chi connectivity index (χ0) is 12.4. The third kappa shape index (κ3) is 2.74. The van der Waals surface area contributed by atoms with Crippen LogP contribution in [0.2, 0.25) is 0 Å². The van der Waals surface area contributed by atoms with E-state index >= 15 is 0 Å². The molecule has 1 aliphatic rings. The number of nitrogens with two attached hydrogens (primary N) is 1. The predicted molar refractivity (Wildman–Crippen MR) is 63.0 cm³/mol. The monoisotopic (exact) mass is 238 g/mol. The number of hydrogen-bond acceptors (Lipinski definition) is 3. The van der Waals surface area contributed by atoms with E-state index in [0.717, 1.165) is 0 Å². The summed E-state index contributed by atoms with van der Waals surface area (Å²) in [7, 11) is 0. The van der Waals surface area contributed by atoms with E-state index in [2.05, 4.69) is 5.32 Å². The second-order valence-corrected chi connectivity index (χ2v) is 4.30. The van der Waals surface area contributed by atoms with Gasteiger partial charge in [0.25, 0.3) is 0 Å². The van der Waals surface area contributed by atoms with Crippen LogP contribution in [0.25, 0.3) is 0 Å². The fraction of sp³-hybridized carbons (Fsp3) is 0.417. The minimum absolute atomic E-state index is 0.0702. The number of rotatable bonds is 2. The van der Waals surface area contributed by atoms with Crippen LogP contribution in [0.1, 0.15) is 13.3 Å². The standard InChI is InChI=1S/C12H15FN2O2/c1-7-4-8(6-17-7)12(16)15-9-2-3-11(14)10(13)5-9/h2-3,5,7-8H,4,6,14H2,1H3,(H,15,16). The second-order valence-electron chi connectivity index (χ2n) is 4.30. The van der Waals surface area contributed by atoms with Crippen molar-refractivity contribution in [3.8, 4) is 0 Å². The van der Waals surface area contributed by atoms with Crippen LogP contribution in [0.4, 0.5) is 15.8 Å². The van der Waals surface area contributed by atoms with E-state index in [1.165, 1.54) is 12.1 Å². The third-order valence-electron chi connectivity index (χ3n) is 2.84. The molecule has 0 aromatic heterocycles. The van der Waals surface area contributed by atoms with Crippen molar-refractivity contribution < 1.29 is 13.9 Å². The van der Waals surface area contributed by atoms with Gasteiger partial charge in [0.2, 0.25) is 5.91 Å². The Labute approximate surface area is 98.9 Å². The van der Waals surface area contributed by atoms with Crippen LogP contribution < -0.4 is 11.1 Å². The van der Waals surface area contributed by atoms with Crippen molar-refractivity contribution in [3.05, 3.63) is 24.0 Å². The van der Waals surface area contributed by atoms with Crippen molar-refractivity contribution in [2.75, 3.05) is 17.7 Å². The van der Waals surface area contributed by atoms with Crippen molar-refractivity contribution in [2.45, 2.75) is 19.4 Å². The van der Waals surface area contributed by atoms with Crippen LogP contribution in [0.3, 0.4) is 0 Å². The highest BCUT2D eigenvalue weighted by molar-refractivity contribution is 5.93. The van der Waals surface area contributed by atoms with Crippen LogP contribution in [0.5, 0.6) is 0 Å². The Hall–Kier alpha value is -1.62. The second kappa shape index (κ2) is 4.71. The summed E-state index contributed by atoms with van der Waals surface area (Å²) in [5.41, 5.74) is 5.84. The zero-order valence-corrected chi connectivity index (χ0v) is 9.57. The molecule has 0 saturated carbocycles. The molecule has 1 aromatic rings. The van der Waals surface area contributed by atoms with E-state index in [4.69, 9.17) is 10.5 Å². The van der Waals surface area contributed by atoms with E-state index in [0.29, 0.717) is 18.7 Å². The third-order valence-corrected chi connectivity index (χ3v) is 2.84. The maximum absolute atomic E-state index is 13.2. The average molecular weight is 238 g/mol. The number of halogens is 1. The Balaban J connectivity index is 2.00. The highest BCUT2D eigenvalue weighted by Gasteiger charge is 2.28. The Morgan fingerprint density at radius 1 is 1.59 bits per heavy atom. The van der Waals surface area contributed by atoms with Crippen molar-refractivity contribution in [1.82, 2.24) is 0 Å². The fourth-order valence-corrected chi connectivity index (χ4v) is 1.85. The van der Waals surface area contributed by atoms with Crippen LogP contribution in [0, 0.1) is 11.7 Å². The molecule has 4 nitrogen and oxygen atoms in total. The van der Waals surface area contributed by atoms with Gasteiger partial charge in [0.05, 0.1) is 24.3 Å².